The molecular formula is C14H21ClN2O. The number of nitrogens with two attached hydrogens (primary N) is 1. The van der Waals surface area contributed by atoms with Gasteiger partial charge in [-0.25, -0.2) is 0 Å². The Morgan fingerprint density at radius 1 is 1.44 bits per heavy atom. The standard InChI is InChI=1S/C14H20N2O.ClH/c1-11-13-6-3-2-5-12(13)8-10-16(11)14(17)7-4-9-15;/h2-3,5-6,11H,4,7-10,15H2,1H3;1H. The second-order valence-corrected chi connectivity index (χ2v) is 4.60. The van der Waals surface area contributed by atoms with Crippen molar-refractivity contribution in [1.82, 2.24) is 4.90 Å². The maximum atomic E-state index is 12.0. The van der Waals surface area contributed by atoms with Gasteiger partial charge in [0, 0.05) is 13.0 Å². The van der Waals surface area contributed by atoms with E-state index in [0.717, 1.165) is 19.4 Å². The zero-order valence-corrected chi connectivity index (χ0v) is 11.6. The summed E-state index contributed by atoms with van der Waals surface area (Å²) in [4.78, 5) is 14.0. The Balaban J connectivity index is 0.00000162. The lowest BCUT2D eigenvalue weighted by atomic mass is 9.93. The Labute approximate surface area is 115 Å². The van der Waals surface area contributed by atoms with E-state index in [2.05, 4.69) is 25.1 Å². The number of rotatable bonds is 3. The number of halogens is 1. The van der Waals surface area contributed by atoms with Crippen LogP contribution in [0.5, 0.6) is 0 Å². The number of fused-ring (bicyclic) bond motifs is 1. The summed E-state index contributed by atoms with van der Waals surface area (Å²) >= 11 is 0. The van der Waals surface area contributed by atoms with E-state index in [-0.39, 0.29) is 24.4 Å². The third-order valence-electron chi connectivity index (χ3n) is 3.51. The van der Waals surface area contributed by atoms with Crippen LogP contribution in [0.1, 0.15) is 36.9 Å². The zero-order chi connectivity index (χ0) is 12.3. The first-order valence-electron chi connectivity index (χ1n) is 6.31. The molecule has 1 aliphatic heterocycles. The van der Waals surface area contributed by atoms with Gasteiger partial charge in [0.05, 0.1) is 6.04 Å². The quantitative estimate of drug-likeness (QED) is 0.914. The van der Waals surface area contributed by atoms with Gasteiger partial charge in [-0.15, -0.1) is 12.4 Å². The molecule has 18 heavy (non-hydrogen) atoms. The number of hydrogen-bond donors (Lipinski definition) is 1. The minimum atomic E-state index is 0. The number of amides is 1. The van der Waals surface area contributed by atoms with Gasteiger partial charge in [-0.05, 0) is 37.4 Å². The van der Waals surface area contributed by atoms with Crippen LogP contribution in [-0.2, 0) is 11.2 Å². The predicted molar refractivity (Wildman–Crippen MR) is 75.8 cm³/mol. The van der Waals surface area contributed by atoms with Crippen molar-refractivity contribution in [3.8, 4) is 0 Å². The molecule has 1 aliphatic rings. The normalized spacial score (nSPS) is 17.9. The molecule has 0 aromatic heterocycles. The number of benzene rings is 1. The number of hydrogen-bond acceptors (Lipinski definition) is 2. The van der Waals surface area contributed by atoms with Crippen LogP contribution < -0.4 is 5.73 Å². The van der Waals surface area contributed by atoms with Crippen molar-refractivity contribution in [3.05, 3.63) is 35.4 Å². The molecule has 4 heteroatoms. The van der Waals surface area contributed by atoms with Gasteiger partial charge in [0.2, 0.25) is 5.91 Å². The Bertz CT molecular complexity index is 409. The van der Waals surface area contributed by atoms with E-state index in [0.29, 0.717) is 13.0 Å². The summed E-state index contributed by atoms with van der Waals surface area (Å²) in [5, 5.41) is 0. The first-order valence-corrected chi connectivity index (χ1v) is 6.31. The van der Waals surface area contributed by atoms with Crippen molar-refractivity contribution in [2.24, 2.45) is 5.73 Å². The van der Waals surface area contributed by atoms with Crippen LogP contribution >= 0.6 is 12.4 Å². The summed E-state index contributed by atoms with van der Waals surface area (Å²) in [5.74, 6) is 0.234. The van der Waals surface area contributed by atoms with Gasteiger partial charge in [-0.1, -0.05) is 24.3 Å². The van der Waals surface area contributed by atoms with Crippen molar-refractivity contribution >= 4 is 18.3 Å². The van der Waals surface area contributed by atoms with Gasteiger partial charge in [-0.3, -0.25) is 4.79 Å². The van der Waals surface area contributed by atoms with Gasteiger partial charge in [0.1, 0.15) is 0 Å². The predicted octanol–water partition coefficient (Wildman–Crippen LogP) is 2.29. The van der Waals surface area contributed by atoms with E-state index < -0.39 is 0 Å². The molecule has 1 atom stereocenters. The van der Waals surface area contributed by atoms with Crippen molar-refractivity contribution < 1.29 is 4.79 Å². The van der Waals surface area contributed by atoms with Crippen LogP contribution in [0.4, 0.5) is 0 Å². The van der Waals surface area contributed by atoms with Gasteiger partial charge in [0.15, 0.2) is 0 Å². The number of carbonyl (C=O) groups is 1. The molecule has 0 radical (unpaired) electrons. The van der Waals surface area contributed by atoms with Crippen molar-refractivity contribution in [3.63, 3.8) is 0 Å². The SMILES string of the molecule is CC1c2ccccc2CCN1C(=O)CCCN.Cl. The van der Waals surface area contributed by atoms with Crippen molar-refractivity contribution in [2.45, 2.75) is 32.2 Å². The topological polar surface area (TPSA) is 46.3 Å². The number of carbonyl (C=O) groups excluding carboxylic acids is 1. The lowest BCUT2D eigenvalue weighted by Gasteiger charge is -2.35. The van der Waals surface area contributed by atoms with Crippen LogP contribution in [0.3, 0.4) is 0 Å². The highest BCUT2D eigenvalue weighted by Gasteiger charge is 2.26. The maximum absolute atomic E-state index is 12.0. The third-order valence-corrected chi connectivity index (χ3v) is 3.51. The van der Waals surface area contributed by atoms with Crippen molar-refractivity contribution in [2.75, 3.05) is 13.1 Å². The van der Waals surface area contributed by atoms with Crippen LogP contribution in [0, 0.1) is 0 Å². The molecule has 0 saturated heterocycles. The van der Waals surface area contributed by atoms with Gasteiger partial charge in [0.25, 0.3) is 0 Å². The third kappa shape index (κ3) is 3.03. The Morgan fingerprint density at radius 3 is 2.89 bits per heavy atom. The number of nitrogens with zero attached hydrogens (tertiary/aromatic N) is 1. The summed E-state index contributed by atoms with van der Waals surface area (Å²) in [6, 6.07) is 8.60. The zero-order valence-electron chi connectivity index (χ0n) is 10.8. The smallest absolute Gasteiger partial charge is 0.223 e. The molecule has 1 aromatic rings. The molecule has 1 unspecified atom stereocenters. The van der Waals surface area contributed by atoms with Crippen LogP contribution in [-0.4, -0.2) is 23.9 Å². The highest BCUT2D eigenvalue weighted by molar-refractivity contribution is 5.85. The maximum Gasteiger partial charge on any atom is 0.223 e. The van der Waals surface area contributed by atoms with E-state index in [1.54, 1.807) is 0 Å². The van der Waals surface area contributed by atoms with E-state index in [1.807, 2.05) is 11.0 Å². The van der Waals surface area contributed by atoms with Crippen LogP contribution in [0.2, 0.25) is 0 Å². The summed E-state index contributed by atoms with van der Waals surface area (Å²) in [6.45, 7) is 3.53. The molecule has 0 aliphatic carbocycles. The average Bonchev–Trinajstić information content (AvgIpc) is 2.37. The van der Waals surface area contributed by atoms with E-state index in [9.17, 15) is 4.79 Å². The minimum Gasteiger partial charge on any atom is -0.336 e. The molecule has 1 amide bonds. The minimum absolute atomic E-state index is 0. The Hall–Kier alpha value is -1.06. The fourth-order valence-electron chi connectivity index (χ4n) is 2.51. The lowest BCUT2D eigenvalue weighted by molar-refractivity contribution is -0.133. The molecule has 0 bridgehead atoms. The Kier molecular flexibility index (Phi) is 5.63. The monoisotopic (exact) mass is 268 g/mol. The highest BCUT2D eigenvalue weighted by Crippen LogP contribution is 2.29. The largest absolute Gasteiger partial charge is 0.336 e. The molecule has 0 spiro atoms. The van der Waals surface area contributed by atoms with E-state index in [4.69, 9.17) is 5.73 Å². The van der Waals surface area contributed by atoms with Crippen LogP contribution in [0.25, 0.3) is 0 Å². The molecular weight excluding hydrogens is 248 g/mol. The summed E-state index contributed by atoms with van der Waals surface area (Å²) in [7, 11) is 0. The molecule has 2 rings (SSSR count). The van der Waals surface area contributed by atoms with Crippen LogP contribution in [0.15, 0.2) is 24.3 Å². The lowest BCUT2D eigenvalue weighted by Crippen LogP contribution is -2.38. The van der Waals surface area contributed by atoms with E-state index >= 15 is 0 Å². The van der Waals surface area contributed by atoms with Gasteiger partial charge >= 0.3 is 0 Å². The summed E-state index contributed by atoms with van der Waals surface area (Å²) in [5.41, 5.74) is 8.12. The second kappa shape index (κ2) is 6.76. The fraction of sp³-hybridized carbons (Fsp3) is 0.500. The molecule has 0 fully saturated rings. The summed E-state index contributed by atoms with van der Waals surface area (Å²) < 4.78 is 0. The molecule has 1 aromatic carbocycles. The molecule has 2 N–H and O–H groups in total. The van der Waals surface area contributed by atoms with E-state index in [1.165, 1.54) is 11.1 Å². The Morgan fingerprint density at radius 2 is 2.17 bits per heavy atom. The first-order chi connectivity index (χ1) is 8.24. The molecule has 3 nitrogen and oxygen atoms in total. The van der Waals surface area contributed by atoms with Gasteiger partial charge in [-0.2, -0.15) is 0 Å². The highest BCUT2D eigenvalue weighted by atomic mass is 35.5. The van der Waals surface area contributed by atoms with Gasteiger partial charge < -0.3 is 10.6 Å². The summed E-state index contributed by atoms with van der Waals surface area (Å²) in [6.07, 6.45) is 2.32. The molecule has 100 valence electrons. The first kappa shape index (κ1) is 15.0. The molecule has 1 heterocycles. The fourth-order valence-corrected chi connectivity index (χ4v) is 2.51. The average molecular weight is 269 g/mol. The molecule has 0 saturated carbocycles. The van der Waals surface area contributed by atoms with Crippen molar-refractivity contribution in [1.29, 1.82) is 0 Å². The second-order valence-electron chi connectivity index (χ2n) is 4.60.